The summed E-state index contributed by atoms with van der Waals surface area (Å²) in [4.78, 5) is 11.5. The Morgan fingerprint density at radius 1 is 1.24 bits per heavy atom. The van der Waals surface area contributed by atoms with Crippen LogP contribution in [0.15, 0.2) is 11.4 Å². The molecule has 0 aromatic carbocycles. The molecule has 1 fully saturated rings. The van der Waals surface area contributed by atoms with Crippen molar-refractivity contribution in [2.24, 2.45) is 0 Å². The Morgan fingerprint density at radius 3 is 2.82 bits per heavy atom. The Bertz CT molecular complexity index is 516. The minimum absolute atomic E-state index is 0.719. The van der Waals surface area contributed by atoms with Crippen LogP contribution in [-0.2, 0) is 0 Å². The van der Waals surface area contributed by atoms with Gasteiger partial charge in [0.1, 0.15) is 0 Å². The van der Waals surface area contributed by atoms with Gasteiger partial charge in [-0.2, -0.15) is 4.98 Å². The van der Waals surface area contributed by atoms with E-state index in [-0.39, 0.29) is 0 Å². The number of rotatable bonds is 2. The van der Waals surface area contributed by atoms with E-state index in [9.17, 15) is 0 Å². The van der Waals surface area contributed by atoms with Crippen molar-refractivity contribution in [1.29, 1.82) is 0 Å². The lowest BCUT2D eigenvalue weighted by atomic mass is 10.1. The number of hydrogen-bond acceptors (Lipinski definition) is 5. The minimum atomic E-state index is 0.719. The van der Waals surface area contributed by atoms with Crippen LogP contribution >= 0.6 is 11.3 Å². The Morgan fingerprint density at radius 2 is 2.06 bits per heavy atom. The zero-order valence-corrected chi connectivity index (χ0v) is 10.8. The molecule has 4 nitrogen and oxygen atoms in total. The molecule has 90 valence electrons. The van der Waals surface area contributed by atoms with Crippen molar-refractivity contribution in [3.63, 3.8) is 0 Å². The van der Waals surface area contributed by atoms with Gasteiger partial charge in [0.25, 0.3) is 0 Å². The van der Waals surface area contributed by atoms with E-state index in [0.29, 0.717) is 0 Å². The van der Waals surface area contributed by atoms with E-state index in [1.54, 1.807) is 11.3 Å². The zero-order chi connectivity index (χ0) is 11.7. The second kappa shape index (κ2) is 4.49. The second-order valence-electron chi connectivity index (χ2n) is 4.30. The normalized spacial score (nSPS) is 16.4. The van der Waals surface area contributed by atoms with Crippen LogP contribution in [0.3, 0.4) is 0 Å². The molecule has 0 aliphatic carbocycles. The molecular formula is C12H16N4S. The fraction of sp³-hybridized carbons (Fsp3) is 0.500. The molecule has 3 rings (SSSR count). The molecule has 1 aliphatic heterocycles. The quantitative estimate of drug-likeness (QED) is 0.887. The number of nitrogens with one attached hydrogen (secondary N) is 1. The predicted molar refractivity (Wildman–Crippen MR) is 73.0 cm³/mol. The van der Waals surface area contributed by atoms with Gasteiger partial charge in [-0.25, -0.2) is 4.98 Å². The van der Waals surface area contributed by atoms with Crippen LogP contribution in [0.4, 0.5) is 11.8 Å². The van der Waals surface area contributed by atoms with Gasteiger partial charge < -0.3 is 10.2 Å². The SMILES string of the molecule is CNc1nc(N2CCCCC2)c2sccc2n1. The van der Waals surface area contributed by atoms with Gasteiger partial charge in [0.15, 0.2) is 5.82 Å². The summed E-state index contributed by atoms with van der Waals surface area (Å²) in [6, 6.07) is 2.07. The number of piperidine rings is 1. The summed E-state index contributed by atoms with van der Waals surface area (Å²) >= 11 is 1.73. The number of thiophene rings is 1. The third-order valence-corrected chi connectivity index (χ3v) is 4.06. The number of aromatic nitrogens is 2. The van der Waals surface area contributed by atoms with Crippen LogP contribution in [0.1, 0.15) is 19.3 Å². The van der Waals surface area contributed by atoms with Crippen LogP contribution in [0.2, 0.25) is 0 Å². The van der Waals surface area contributed by atoms with Crippen molar-refractivity contribution in [2.45, 2.75) is 19.3 Å². The molecule has 1 saturated heterocycles. The van der Waals surface area contributed by atoms with Gasteiger partial charge in [-0.3, -0.25) is 0 Å². The monoisotopic (exact) mass is 248 g/mol. The fourth-order valence-corrected chi connectivity index (χ4v) is 3.13. The molecule has 2 aromatic rings. The molecule has 2 aromatic heterocycles. The lowest BCUT2D eigenvalue weighted by molar-refractivity contribution is 0.575. The van der Waals surface area contributed by atoms with Crippen LogP contribution in [0.5, 0.6) is 0 Å². The first-order chi connectivity index (χ1) is 8.38. The first-order valence-corrected chi connectivity index (χ1v) is 6.94. The lowest BCUT2D eigenvalue weighted by Crippen LogP contribution is -2.30. The molecule has 1 aliphatic rings. The summed E-state index contributed by atoms with van der Waals surface area (Å²) in [5.41, 5.74) is 1.05. The molecule has 0 spiro atoms. The molecule has 1 N–H and O–H groups in total. The Labute approximate surface area is 105 Å². The van der Waals surface area contributed by atoms with Gasteiger partial charge in [-0.05, 0) is 30.7 Å². The number of anilines is 2. The van der Waals surface area contributed by atoms with E-state index in [1.165, 1.54) is 24.0 Å². The highest BCUT2D eigenvalue weighted by Crippen LogP contribution is 2.31. The summed E-state index contributed by atoms with van der Waals surface area (Å²) in [7, 11) is 1.87. The van der Waals surface area contributed by atoms with E-state index < -0.39 is 0 Å². The van der Waals surface area contributed by atoms with Gasteiger partial charge in [0, 0.05) is 20.1 Å². The number of hydrogen-bond donors (Lipinski definition) is 1. The third-order valence-electron chi connectivity index (χ3n) is 3.16. The molecule has 3 heterocycles. The van der Waals surface area contributed by atoms with Crippen molar-refractivity contribution in [2.75, 3.05) is 30.4 Å². The second-order valence-corrected chi connectivity index (χ2v) is 5.22. The number of fused-ring (bicyclic) bond motifs is 1. The maximum atomic E-state index is 4.63. The lowest BCUT2D eigenvalue weighted by Gasteiger charge is -2.28. The molecule has 0 amide bonds. The molecule has 17 heavy (non-hydrogen) atoms. The highest BCUT2D eigenvalue weighted by Gasteiger charge is 2.17. The topological polar surface area (TPSA) is 41.1 Å². The minimum Gasteiger partial charge on any atom is -0.357 e. The zero-order valence-electron chi connectivity index (χ0n) is 9.94. The van der Waals surface area contributed by atoms with Gasteiger partial charge in [0.2, 0.25) is 5.95 Å². The molecule has 0 unspecified atom stereocenters. The molecule has 0 radical (unpaired) electrons. The Balaban J connectivity index is 2.08. The van der Waals surface area contributed by atoms with Crippen LogP contribution in [0.25, 0.3) is 10.2 Å². The maximum Gasteiger partial charge on any atom is 0.225 e. The Hall–Kier alpha value is -1.36. The molecule has 5 heteroatoms. The third kappa shape index (κ3) is 1.95. The molecule has 0 atom stereocenters. The van der Waals surface area contributed by atoms with Crippen molar-refractivity contribution in [3.8, 4) is 0 Å². The van der Waals surface area contributed by atoms with Crippen molar-refractivity contribution >= 4 is 33.3 Å². The van der Waals surface area contributed by atoms with E-state index in [1.807, 2.05) is 7.05 Å². The first-order valence-electron chi connectivity index (χ1n) is 6.06. The number of nitrogens with zero attached hydrogens (tertiary/aromatic N) is 3. The summed E-state index contributed by atoms with van der Waals surface area (Å²) in [6.07, 6.45) is 3.88. The van der Waals surface area contributed by atoms with Gasteiger partial charge in [-0.15, -0.1) is 11.3 Å². The van der Waals surface area contributed by atoms with E-state index in [0.717, 1.165) is 30.4 Å². The summed E-state index contributed by atoms with van der Waals surface area (Å²) in [5.74, 6) is 1.82. The van der Waals surface area contributed by atoms with Crippen molar-refractivity contribution in [1.82, 2.24) is 9.97 Å². The van der Waals surface area contributed by atoms with Gasteiger partial charge in [-0.1, -0.05) is 0 Å². The van der Waals surface area contributed by atoms with E-state index in [4.69, 9.17) is 0 Å². The predicted octanol–water partition coefficient (Wildman–Crippen LogP) is 2.72. The van der Waals surface area contributed by atoms with Crippen LogP contribution in [-0.4, -0.2) is 30.1 Å². The van der Waals surface area contributed by atoms with Crippen LogP contribution in [0, 0.1) is 0 Å². The summed E-state index contributed by atoms with van der Waals surface area (Å²) in [6.45, 7) is 2.24. The smallest absolute Gasteiger partial charge is 0.225 e. The average Bonchev–Trinajstić information content (AvgIpc) is 2.86. The summed E-state index contributed by atoms with van der Waals surface area (Å²) in [5, 5.41) is 5.13. The fourth-order valence-electron chi connectivity index (χ4n) is 2.28. The highest BCUT2D eigenvalue weighted by atomic mass is 32.1. The molecule has 0 saturated carbocycles. The van der Waals surface area contributed by atoms with E-state index in [2.05, 4.69) is 31.6 Å². The molecular weight excluding hydrogens is 232 g/mol. The van der Waals surface area contributed by atoms with Crippen molar-refractivity contribution in [3.05, 3.63) is 11.4 Å². The van der Waals surface area contributed by atoms with E-state index >= 15 is 0 Å². The maximum absolute atomic E-state index is 4.63. The van der Waals surface area contributed by atoms with Gasteiger partial charge in [0.05, 0.1) is 10.2 Å². The summed E-state index contributed by atoms with van der Waals surface area (Å²) < 4.78 is 1.21. The molecule has 0 bridgehead atoms. The Kier molecular flexibility index (Phi) is 2.84. The largest absolute Gasteiger partial charge is 0.357 e. The van der Waals surface area contributed by atoms with Crippen molar-refractivity contribution < 1.29 is 0 Å². The highest BCUT2D eigenvalue weighted by molar-refractivity contribution is 7.17. The first kappa shape index (κ1) is 10.8. The van der Waals surface area contributed by atoms with Crippen LogP contribution < -0.4 is 10.2 Å². The standard InChI is InChI=1S/C12H16N4S/c1-13-12-14-9-5-8-17-10(9)11(15-12)16-6-3-2-4-7-16/h5,8H,2-4,6-7H2,1H3,(H,13,14,15). The van der Waals surface area contributed by atoms with Gasteiger partial charge >= 0.3 is 0 Å². The average molecular weight is 248 g/mol.